The average Bonchev–Trinajstić information content (AvgIpc) is 3.03. The second-order valence-corrected chi connectivity index (χ2v) is 13.8. The first-order valence-electron chi connectivity index (χ1n) is 15.0. The molecule has 4 aromatic rings. The Balaban J connectivity index is 1.83. The van der Waals surface area contributed by atoms with Crippen molar-refractivity contribution >= 4 is 39.1 Å². The molecule has 2 amide bonds. The number of aryl methyl sites for hydroxylation is 2. The molecular weight excluding hydrogens is 606 g/mol. The fraction of sp³-hybridized carbons (Fsp3) is 0.278. The summed E-state index contributed by atoms with van der Waals surface area (Å²) in [7, 11) is -4.20. The zero-order chi connectivity index (χ0) is 32.6. The fourth-order valence-corrected chi connectivity index (χ4v) is 6.69. The first kappa shape index (κ1) is 33.7. The minimum absolute atomic E-state index is 0.0399. The monoisotopic (exact) mass is 645 g/mol. The number of sulfonamides is 1. The van der Waals surface area contributed by atoms with Gasteiger partial charge < -0.3 is 10.2 Å². The minimum atomic E-state index is -4.20. The van der Waals surface area contributed by atoms with E-state index in [0.717, 1.165) is 21.0 Å². The van der Waals surface area contributed by atoms with Crippen LogP contribution >= 0.6 is 11.6 Å². The lowest BCUT2D eigenvalue weighted by Gasteiger charge is -2.34. The number of hydrogen-bond donors (Lipinski definition) is 1. The molecule has 0 bridgehead atoms. The summed E-state index contributed by atoms with van der Waals surface area (Å²) >= 11 is 6.35. The van der Waals surface area contributed by atoms with Crippen molar-refractivity contribution in [2.24, 2.45) is 5.92 Å². The summed E-state index contributed by atoms with van der Waals surface area (Å²) in [5.41, 5.74) is 3.61. The molecule has 0 saturated carbocycles. The zero-order valence-electron chi connectivity index (χ0n) is 26.1. The van der Waals surface area contributed by atoms with Gasteiger partial charge in [0, 0.05) is 24.5 Å². The van der Waals surface area contributed by atoms with E-state index in [1.807, 2.05) is 75.4 Å². The molecule has 7 nitrogen and oxygen atoms in total. The van der Waals surface area contributed by atoms with E-state index in [-0.39, 0.29) is 29.7 Å². The maximum atomic E-state index is 14.6. The lowest BCUT2D eigenvalue weighted by Crippen LogP contribution is -2.54. The SMILES string of the molecule is Cc1ccccc1CN(C(=O)CN(c1cc(Cl)ccc1C)S(=O)(=O)c1ccccc1)[C@@H](Cc1ccccc1)C(=O)NCC(C)C. The molecule has 1 atom stereocenters. The van der Waals surface area contributed by atoms with Crippen LogP contribution in [0.5, 0.6) is 0 Å². The standard InChI is InChI=1S/C36H40ClN3O4S/c1-26(2)23-38-36(42)34(21-29-14-7-5-8-15-29)39(24-30-16-12-11-13-27(30)3)35(41)25-40(33-22-31(37)20-19-28(33)4)45(43,44)32-17-9-6-10-18-32/h5-20,22,26,34H,21,23-25H2,1-4H3,(H,38,42)/t34-/m0/s1. The van der Waals surface area contributed by atoms with Crippen molar-refractivity contribution in [3.05, 3.63) is 130 Å². The third-order valence-corrected chi connectivity index (χ3v) is 9.62. The molecule has 0 aliphatic carbocycles. The van der Waals surface area contributed by atoms with Crippen molar-refractivity contribution in [3.8, 4) is 0 Å². The van der Waals surface area contributed by atoms with E-state index in [1.54, 1.807) is 43.3 Å². The Hall–Kier alpha value is -4.14. The van der Waals surface area contributed by atoms with Crippen molar-refractivity contribution < 1.29 is 18.0 Å². The Labute approximate surface area is 271 Å². The van der Waals surface area contributed by atoms with Crippen LogP contribution in [-0.4, -0.2) is 44.3 Å². The molecule has 1 N–H and O–H groups in total. The van der Waals surface area contributed by atoms with Gasteiger partial charge in [-0.05, 0) is 66.3 Å². The summed E-state index contributed by atoms with van der Waals surface area (Å²) in [6.45, 7) is 7.74. The number of amides is 2. The highest BCUT2D eigenvalue weighted by atomic mass is 35.5. The number of benzene rings is 4. The maximum Gasteiger partial charge on any atom is 0.264 e. The number of halogens is 1. The molecule has 45 heavy (non-hydrogen) atoms. The highest BCUT2D eigenvalue weighted by Gasteiger charge is 2.35. The van der Waals surface area contributed by atoms with Crippen LogP contribution < -0.4 is 9.62 Å². The van der Waals surface area contributed by atoms with E-state index in [0.29, 0.717) is 22.8 Å². The van der Waals surface area contributed by atoms with Crippen LogP contribution in [0, 0.1) is 19.8 Å². The van der Waals surface area contributed by atoms with Crippen molar-refractivity contribution in [2.45, 2.75) is 51.6 Å². The molecule has 0 heterocycles. The molecule has 0 spiro atoms. The van der Waals surface area contributed by atoms with Gasteiger partial charge in [0.2, 0.25) is 11.8 Å². The molecule has 9 heteroatoms. The van der Waals surface area contributed by atoms with E-state index in [4.69, 9.17) is 11.6 Å². The van der Waals surface area contributed by atoms with Gasteiger partial charge in [-0.2, -0.15) is 0 Å². The molecule has 0 aliphatic rings. The molecular formula is C36H40ClN3O4S. The van der Waals surface area contributed by atoms with E-state index in [9.17, 15) is 18.0 Å². The van der Waals surface area contributed by atoms with Crippen LogP contribution in [0.4, 0.5) is 5.69 Å². The van der Waals surface area contributed by atoms with Crippen LogP contribution in [-0.2, 0) is 32.6 Å². The summed E-state index contributed by atoms with van der Waals surface area (Å²) < 4.78 is 29.4. The second kappa shape index (κ2) is 15.2. The number of rotatable bonds is 13. The van der Waals surface area contributed by atoms with E-state index in [1.165, 1.54) is 17.0 Å². The fourth-order valence-electron chi connectivity index (χ4n) is 5.03. The van der Waals surface area contributed by atoms with Gasteiger partial charge in [0.05, 0.1) is 10.6 Å². The number of anilines is 1. The normalized spacial score (nSPS) is 12.0. The Morgan fingerprint density at radius 1 is 0.822 bits per heavy atom. The summed E-state index contributed by atoms with van der Waals surface area (Å²) in [4.78, 5) is 30.0. The van der Waals surface area contributed by atoms with Crippen LogP contribution in [0.3, 0.4) is 0 Å². The lowest BCUT2D eigenvalue weighted by molar-refractivity contribution is -0.140. The maximum absolute atomic E-state index is 14.6. The second-order valence-electron chi connectivity index (χ2n) is 11.5. The van der Waals surface area contributed by atoms with Gasteiger partial charge in [0.1, 0.15) is 12.6 Å². The number of nitrogens with zero attached hydrogens (tertiary/aromatic N) is 2. The molecule has 236 valence electrons. The Bertz CT molecular complexity index is 1710. The predicted molar refractivity (Wildman–Crippen MR) is 181 cm³/mol. The zero-order valence-corrected chi connectivity index (χ0v) is 27.7. The smallest absolute Gasteiger partial charge is 0.264 e. The van der Waals surface area contributed by atoms with Gasteiger partial charge in [-0.1, -0.05) is 104 Å². The lowest BCUT2D eigenvalue weighted by atomic mass is 10.0. The molecule has 0 aliphatic heterocycles. The van der Waals surface area contributed by atoms with Crippen molar-refractivity contribution in [3.63, 3.8) is 0 Å². The van der Waals surface area contributed by atoms with E-state index >= 15 is 0 Å². The summed E-state index contributed by atoms with van der Waals surface area (Å²) in [6, 6.07) is 29.2. The van der Waals surface area contributed by atoms with Crippen molar-refractivity contribution in [2.75, 3.05) is 17.4 Å². The molecule has 4 aromatic carbocycles. The molecule has 0 saturated heterocycles. The molecule has 0 aromatic heterocycles. The van der Waals surface area contributed by atoms with Gasteiger partial charge >= 0.3 is 0 Å². The minimum Gasteiger partial charge on any atom is -0.354 e. The number of carbonyl (C=O) groups excluding carboxylic acids is 2. The number of hydrogen-bond acceptors (Lipinski definition) is 4. The van der Waals surface area contributed by atoms with Gasteiger partial charge in [0.15, 0.2) is 0 Å². The molecule has 0 fully saturated rings. The highest BCUT2D eigenvalue weighted by molar-refractivity contribution is 7.92. The third kappa shape index (κ3) is 8.74. The van der Waals surface area contributed by atoms with Crippen molar-refractivity contribution in [1.29, 1.82) is 0 Å². The first-order chi connectivity index (χ1) is 21.5. The number of carbonyl (C=O) groups is 2. The first-order valence-corrected chi connectivity index (χ1v) is 16.8. The quantitative estimate of drug-likeness (QED) is 0.178. The average molecular weight is 646 g/mol. The Kier molecular flexibility index (Phi) is 11.4. The highest BCUT2D eigenvalue weighted by Crippen LogP contribution is 2.30. The number of nitrogens with one attached hydrogen (secondary N) is 1. The largest absolute Gasteiger partial charge is 0.354 e. The molecule has 4 rings (SSSR count). The van der Waals surface area contributed by atoms with Crippen LogP contribution in [0.1, 0.15) is 36.1 Å². The van der Waals surface area contributed by atoms with Gasteiger partial charge in [-0.15, -0.1) is 0 Å². The van der Waals surface area contributed by atoms with Crippen LogP contribution in [0.2, 0.25) is 5.02 Å². The predicted octanol–water partition coefficient (Wildman–Crippen LogP) is 6.56. The molecule has 0 unspecified atom stereocenters. The Morgan fingerprint density at radius 3 is 2.09 bits per heavy atom. The van der Waals surface area contributed by atoms with E-state index < -0.39 is 28.5 Å². The van der Waals surface area contributed by atoms with Gasteiger partial charge in [-0.3, -0.25) is 13.9 Å². The summed E-state index contributed by atoms with van der Waals surface area (Å²) in [5.74, 6) is -0.618. The summed E-state index contributed by atoms with van der Waals surface area (Å²) in [5, 5.41) is 3.35. The van der Waals surface area contributed by atoms with Gasteiger partial charge in [-0.25, -0.2) is 8.42 Å². The summed E-state index contributed by atoms with van der Waals surface area (Å²) in [6.07, 6.45) is 0.254. The van der Waals surface area contributed by atoms with Gasteiger partial charge in [0.25, 0.3) is 10.0 Å². The topological polar surface area (TPSA) is 86.8 Å². The van der Waals surface area contributed by atoms with Crippen LogP contribution in [0.15, 0.2) is 108 Å². The Morgan fingerprint density at radius 2 is 1.44 bits per heavy atom. The van der Waals surface area contributed by atoms with E-state index in [2.05, 4.69) is 5.32 Å². The van der Waals surface area contributed by atoms with Crippen molar-refractivity contribution in [1.82, 2.24) is 10.2 Å². The third-order valence-electron chi connectivity index (χ3n) is 7.61. The van der Waals surface area contributed by atoms with Crippen LogP contribution in [0.25, 0.3) is 0 Å². The molecule has 0 radical (unpaired) electrons.